The second-order valence-corrected chi connectivity index (χ2v) is 2.90. The number of carbonyl (C=O) groups is 1. The van der Waals surface area contributed by atoms with Gasteiger partial charge in [0.25, 0.3) is 0 Å². The van der Waals surface area contributed by atoms with Gasteiger partial charge in [0.1, 0.15) is 12.4 Å². The standard InChI is InChI=1S/C8H11N3O4/c1-15-8(12)3-2-4-10-6-7(5-9-10)11(13)14/h5-6H,2-4H2,1H3. The molecule has 0 amide bonds. The molecule has 1 aromatic rings. The van der Waals surface area contributed by atoms with E-state index in [2.05, 4.69) is 9.84 Å². The summed E-state index contributed by atoms with van der Waals surface area (Å²) >= 11 is 0. The number of methoxy groups -OCH3 is 1. The maximum Gasteiger partial charge on any atom is 0.306 e. The average molecular weight is 213 g/mol. The minimum Gasteiger partial charge on any atom is -0.469 e. The molecule has 0 spiro atoms. The second kappa shape index (κ2) is 5.08. The van der Waals surface area contributed by atoms with Crippen molar-refractivity contribution in [2.45, 2.75) is 19.4 Å². The fraction of sp³-hybridized carbons (Fsp3) is 0.500. The predicted octanol–water partition coefficient (Wildman–Crippen LogP) is 0.744. The predicted molar refractivity (Wildman–Crippen MR) is 50.1 cm³/mol. The van der Waals surface area contributed by atoms with Gasteiger partial charge in [0.2, 0.25) is 0 Å². The molecule has 7 heteroatoms. The quantitative estimate of drug-likeness (QED) is 0.409. The first-order valence-electron chi connectivity index (χ1n) is 4.37. The molecule has 0 N–H and O–H groups in total. The lowest BCUT2D eigenvalue weighted by molar-refractivity contribution is -0.385. The number of carbonyl (C=O) groups excluding carboxylic acids is 1. The van der Waals surface area contributed by atoms with Gasteiger partial charge in [0.05, 0.1) is 12.0 Å². The highest BCUT2D eigenvalue weighted by Gasteiger charge is 2.08. The Balaban J connectivity index is 2.38. The number of rotatable bonds is 5. The molecule has 0 aliphatic heterocycles. The van der Waals surface area contributed by atoms with E-state index in [1.165, 1.54) is 24.2 Å². The summed E-state index contributed by atoms with van der Waals surface area (Å²) in [4.78, 5) is 20.6. The molecule has 0 aliphatic rings. The van der Waals surface area contributed by atoms with Gasteiger partial charge in [-0.3, -0.25) is 19.6 Å². The summed E-state index contributed by atoms with van der Waals surface area (Å²) in [5, 5.41) is 14.1. The van der Waals surface area contributed by atoms with Crippen LogP contribution in [0.4, 0.5) is 5.69 Å². The molecule has 0 aliphatic carbocycles. The largest absolute Gasteiger partial charge is 0.469 e. The van der Waals surface area contributed by atoms with Crippen LogP contribution in [-0.4, -0.2) is 27.8 Å². The normalized spacial score (nSPS) is 9.93. The number of aromatic nitrogens is 2. The van der Waals surface area contributed by atoms with Crippen LogP contribution in [0.15, 0.2) is 12.4 Å². The molecule has 1 heterocycles. The first-order valence-corrected chi connectivity index (χ1v) is 4.37. The van der Waals surface area contributed by atoms with E-state index in [-0.39, 0.29) is 18.1 Å². The molecule has 1 aromatic heterocycles. The molecule has 82 valence electrons. The Morgan fingerprint density at radius 3 is 3.00 bits per heavy atom. The van der Waals surface area contributed by atoms with E-state index in [4.69, 9.17) is 0 Å². The molecular weight excluding hydrogens is 202 g/mol. The van der Waals surface area contributed by atoms with E-state index in [1.54, 1.807) is 0 Å². The van der Waals surface area contributed by atoms with Crippen LogP contribution in [0.25, 0.3) is 0 Å². The van der Waals surface area contributed by atoms with Gasteiger partial charge in [0, 0.05) is 13.0 Å². The van der Waals surface area contributed by atoms with Crippen molar-refractivity contribution >= 4 is 11.7 Å². The van der Waals surface area contributed by atoms with Gasteiger partial charge in [-0.05, 0) is 6.42 Å². The van der Waals surface area contributed by atoms with Crippen molar-refractivity contribution < 1.29 is 14.5 Å². The summed E-state index contributed by atoms with van der Waals surface area (Å²) in [5.41, 5.74) is -0.0481. The average Bonchev–Trinajstić information content (AvgIpc) is 2.66. The Morgan fingerprint density at radius 1 is 1.73 bits per heavy atom. The molecule has 0 aromatic carbocycles. The molecule has 0 saturated carbocycles. The van der Waals surface area contributed by atoms with Crippen molar-refractivity contribution in [1.29, 1.82) is 0 Å². The molecular formula is C8H11N3O4. The van der Waals surface area contributed by atoms with Crippen molar-refractivity contribution in [3.05, 3.63) is 22.5 Å². The second-order valence-electron chi connectivity index (χ2n) is 2.90. The molecule has 0 atom stereocenters. The van der Waals surface area contributed by atoms with E-state index < -0.39 is 4.92 Å². The molecule has 7 nitrogen and oxygen atoms in total. The van der Waals surface area contributed by atoms with Gasteiger partial charge < -0.3 is 4.74 Å². The Morgan fingerprint density at radius 2 is 2.47 bits per heavy atom. The third-order valence-electron chi connectivity index (χ3n) is 1.83. The fourth-order valence-electron chi connectivity index (χ4n) is 1.06. The lowest BCUT2D eigenvalue weighted by Crippen LogP contribution is -2.04. The van der Waals surface area contributed by atoms with Crippen LogP contribution >= 0.6 is 0 Å². The summed E-state index contributed by atoms with van der Waals surface area (Å²) in [6.45, 7) is 0.461. The van der Waals surface area contributed by atoms with Gasteiger partial charge in [0.15, 0.2) is 0 Å². The summed E-state index contributed by atoms with van der Waals surface area (Å²) in [6.07, 6.45) is 3.34. The highest BCUT2D eigenvalue weighted by molar-refractivity contribution is 5.68. The maximum atomic E-state index is 10.8. The van der Waals surface area contributed by atoms with E-state index in [1.807, 2.05) is 0 Å². The maximum absolute atomic E-state index is 10.8. The highest BCUT2D eigenvalue weighted by Crippen LogP contribution is 2.08. The van der Waals surface area contributed by atoms with Crippen LogP contribution in [0.1, 0.15) is 12.8 Å². The van der Waals surface area contributed by atoms with Crippen molar-refractivity contribution in [3.63, 3.8) is 0 Å². The van der Waals surface area contributed by atoms with Gasteiger partial charge in [-0.25, -0.2) is 0 Å². The molecule has 0 fully saturated rings. The fourth-order valence-corrected chi connectivity index (χ4v) is 1.06. The third kappa shape index (κ3) is 3.37. The van der Waals surface area contributed by atoms with E-state index >= 15 is 0 Å². The number of hydrogen-bond donors (Lipinski definition) is 0. The first-order chi connectivity index (χ1) is 7.13. The van der Waals surface area contributed by atoms with Gasteiger partial charge in [-0.15, -0.1) is 0 Å². The minimum atomic E-state index is -0.510. The lowest BCUT2D eigenvalue weighted by Gasteiger charge is -1.99. The molecule has 1 rings (SSSR count). The summed E-state index contributed by atoms with van der Waals surface area (Å²) in [5.74, 6) is -0.295. The van der Waals surface area contributed by atoms with Crippen LogP contribution in [0, 0.1) is 10.1 Å². The molecule has 0 bridgehead atoms. The van der Waals surface area contributed by atoms with E-state index in [9.17, 15) is 14.9 Å². The smallest absolute Gasteiger partial charge is 0.306 e. The van der Waals surface area contributed by atoms with Crippen LogP contribution in [0.3, 0.4) is 0 Å². The Bertz CT molecular complexity index is 361. The Labute approximate surface area is 85.8 Å². The number of nitrogens with zero attached hydrogens (tertiary/aromatic N) is 3. The van der Waals surface area contributed by atoms with Crippen LogP contribution in [0.5, 0.6) is 0 Å². The van der Waals surface area contributed by atoms with Crippen molar-refractivity contribution in [2.75, 3.05) is 7.11 Å². The summed E-state index contributed by atoms with van der Waals surface area (Å²) in [6, 6.07) is 0. The zero-order valence-corrected chi connectivity index (χ0v) is 8.25. The molecule has 15 heavy (non-hydrogen) atoms. The summed E-state index contributed by atoms with van der Waals surface area (Å²) in [7, 11) is 1.32. The lowest BCUT2D eigenvalue weighted by atomic mass is 10.3. The van der Waals surface area contributed by atoms with E-state index in [0.29, 0.717) is 13.0 Å². The van der Waals surface area contributed by atoms with Crippen molar-refractivity contribution in [1.82, 2.24) is 9.78 Å². The van der Waals surface area contributed by atoms with Gasteiger partial charge in [-0.2, -0.15) is 5.10 Å². The monoisotopic (exact) mass is 213 g/mol. The zero-order chi connectivity index (χ0) is 11.3. The number of ether oxygens (including phenoxy) is 1. The van der Waals surface area contributed by atoms with Crippen LogP contribution in [-0.2, 0) is 16.1 Å². The Kier molecular flexibility index (Phi) is 3.78. The van der Waals surface area contributed by atoms with Crippen LogP contribution < -0.4 is 0 Å². The molecule has 0 saturated heterocycles. The number of aryl methyl sites for hydroxylation is 1. The van der Waals surface area contributed by atoms with Gasteiger partial charge >= 0.3 is 11.7 Å². The topological polar surface area (TPSA) is 87.3 Å². The molecule has 0 radical (unpaired) electrons. The van der Waals surface area contributed by atoms with E-state index in [0.717, 1.165) is 0 Å². The highest BCUT2D eigenvalue weighted by atomic mass is 16.6. The number of nitro groups is 1. The van der Waals surface area contributed by atoms with Crippen molar-refractivity contribution in [2.24, 2.45) is 0 Å². The number of hydrogen-bond acceptors (Lipinski definition) is 5. The summed E-state index contributed by atoms with van der Waals surface area (Å²) < 4.78 is 5.89. The Hall–Kier alpha value is -1.92. The third-order valence-corrected chi connectivity index (χ3v) is 1.83. The molecule has 0 unspecified atom stereocenters. The number of esters is 1. The zero-order valence-electron chi connectivity index (χ0n) is 8.25. The SMILES string of the molecule is COC(=O)CCCn1cc([N+](=O)[O-])cn1. The minimum absolute atomic E-state index is 0.0481. The van der Waals surface area contributed by atoms with Gasteiger partial charge in [-0.1, -0.05) is 0 Å². The van der Waals surface area contributed by atoms with Crippen molar-refractivity contribution in [3.8, 4) is 0 Å². The first kappa shape index (κ1) is 11.2. The van der Waals surface area contributed by atoms with Crippen LogP contribution in [0.2, 0.25) is 0 Å².